The third kappa shape index (κ3) is 5.09. The van der Waals surface area contributed by atoms with Gasteiger partial charge in [-0.05, 0) is 18.9 Å². The van der Waals surface area contributed by atoms with E-state index in [0.29, 0.717) is 6.54 Å². The molecule has 0 radical (unpaired) electrons. The lowest BCUT2D eigenvalue weighted by atomic mass is 10.1. The number of benzene rings is 1. The van der Waals surface area contributed by atoms with Crippen LogP contribution in [0, 0.1) is 6.92 Å². The quantitative estimate of drug-likeness (QED) is 0.796. The minimum Gasteiger partial charge on any atom is -0.480 e. The number of carbonyl (C=O) groups excluding carboxylic acids is 1. The van der Waals surface area contributed by atoms with Crippen LogP contribution in [0.3, 0.4) is 0 Å². The second-order valence-corrected chi connectivity index (χ2v) is 4.70. The standard InChI is InChI=1S/C14H20N2O3/c1-10-3-5-11(6-4-10)7-8-16(2)13(17)9-12(15)14(18)19/h3-6,12H,7-9,15H2,1-2H3,(H,18,19). The van der Waals surface area contributed by atoms with Gasteiger partial charge in [0.05, 0.1) is 6.42 Å². The van der Waals surface area contributed by atoms with E-state index in [1.165, 1.54) is 10.5 Å². The van der Waals surface area contributed by atoms with Crippen molar-refractivity contribution in [3.63, 3.8) is 0 Å². The lowest BCUT2D eigenvalue weighted by Gasteiger charge is -2.18. The minimum atomic E-state index is -1.15. The maximum Gasteiger partial charge on any atom is 0.321 e. The number of nitrogens with two attached hydrogens (primary N) is 1. The molecule has 5 heteroatoms. The molecule has 0 heterocycles. The Morgan fingerprint density at radius 3 is 2.42 bits per heavy atom. The Balaban J connectivity index is 2.42. The highest BCUT2D eigenvalue weighted by molar-refractivity contribution is 5.84. The van der Waals surface area contributed by atoms with E-state index in [-0.39, 0.29) is 12.3 Å². The molecule has 0 saturated carbocycles. The van der Waals surface area contributed by atoms with Crippen LogP contribution in [-0.4, -0.2) is 41.5 Å². The molecule has 19 heavy (non-hydrogen) atoms. The van der Waals surface area contributed by atoms with Gasteiger partial charge in [0.25, 0.3) is 0 Å². The second-order valence-electron chi connectivity index (χ2n) is 4.70. The van der Waals surface area contributed by atoms with Crippen molar-refractivity contribution in [2.24, 2.45) is 5.73 Å². The summed E-state index contributed by atoms with van der Waals surface area (Å²) in [6.07, 6.45) is 0.574. The van der Waals surface area contributed by atoms with E-state index in [0.717, 1.165) is 12.0 Å². The molecular formula is C14H20N2O3. The maximum absolute atomic E-state index is 11.7. The highest BCUT2D eigenvalue weighted by atomic mass is 16.4. The second kappa shape index (κ2) is 6.89. The highest BCUT2D eigenvalue weighted by Crippen LogP contribution is 2.05. The van der Waals surface area contributed by atoms with Crippen LogP contribution in [0.2, 0.25) is 0 Å². The van der Waals surface area contributed by atoms with E-state index in [1.807, 2.05) is 31.2 Å². The van der Waals surface area contributed by atoms with Crippen LogP contribution in [-0.2, 0) is 16.0 Å². The zero-order valence-electron chi connectivity index (χ0n) is 11.3. The third-order valence-electron chi connectivity index (χ3n) is 2.99. The predicted octanol–water partition coefficient (Wildman–Crippen LogP) is 0.798. The molecule has 1 aromatic rings. The molecule has 0 saturated heterocycles. The molecule has 0 spiro atoms. The largest absolute Gasteiger partial charge is 0.480 e. The van der Waals surface area contributed by atoms with Crippen molar-refractivity contribution in [1.29, 1.82) is 0 Å². The van der Waals surface area contributed by atoms with E-state index >= 15 is 0 Å². The first kappa shape index (κ1) is 15.2. The van der Waals surface area contributed by atoms with Gasteiger partial charge in [0.2, 0.25) is 5.91 Å². The van der Waals surface area contributed by atoms with Gasteiger partial charge in [-0.15, -0.1) is 0 Å². The molecule has 1 unspecified atom stereocenters. The number of hydrogen-bond acceptors (Lipinski definition) is 3. The lowest BCUT2D eigenvalue weighted by molar-refractivity contribution is -0.142. The van der Waals surface area contributed by atoms with Crippen molar-refractivity contribution in [3.8, 4) is 0 Å². The maximum atomic E-state index is 11.7. The molecular weight excluding hydrogens is 244 g/mol. The van der Waals surface area contributed by atoms with Crippen molar-refractivity contribution in [3.05, 3.63) is 35.4 Å². The topological polar surface area (TPSA) is 83.6 Å². The average Bonchev–Trinajstić information content (AvgIpc) is 2.37. The fourth-order valence-electron chi connectivity index (χ4n) is 1.61. The number of carboxylic acid groups (broad SMARTS) is 1. The Labute approximate surface area is 113 Å². The summed E-state index contributed by atoms with van der Waals surface area (Å²) in [6, 6.07) is 6.97. The molecule has 1 aromatic carbocycles. The van der Waals surface area contributed by atoms with Crippen LogP contribution in [0.1, 0.15) is 17.5 Å². The van der Waals surface area contributed by atoms with E-state index in [9.17, 15) is 9.59 Å². The molecule has 0 fully saturated rings. The molecule has 0 bridgehead atoms. The van der Waals surface area contributed by atoms with Crippen LogP contribution >= 0.6 is 0 Å². The number of amides is 1. The number of carbonyl (C=O) groups is 2. The van der Waals surface area contributed by atoms with Gasteiger partial charge in [0.15, 0.2) is 0 Å². The average molecular weight is 264 g/mol. The molecule has 104 valence electrons. The SMILES string of the molecule is Cc1ccc(CCN(C)C(=O)CC(N)C(=O)O)cc1. The number of nitrogens with zero attached hydrogens (tertiary/aromatic N) is 1. The van der Waals surface area contributed by atoms with Crippen molar-refractivity contribution in [2.75, 3.05) is 13.6 Å². The fraction of sp³-hybridized carbons (Fsp3) is 0.429. The van der Waals surface area contributed by atoms with E-state index in [2.05, 4.69) is 0 Å². The molecule has 0 aliphatic rings. The summed E-state index contributed by atoms with van der Waals surface area (Å²) in [5, 5.41) is 8.65. The van der Waals surface area contributed by atoms with Crippen LogP contribution in [0.15, 0.2) is 24.3 Å². The zero-order valence-corrected chi connectivity index (χ0v) is 11.3. The summed E-state index contributed by atoms with van der Waals surface area (Å²) in [5.41, 5.74) is 7.67. The van der Waals surface area contributed by atoms with E-state index < -0.39 is 12.0 Å². The number of rotatable bonds is 6. The fourth-order valence-corrected chi connectivity index (χ4v) is 1.61. The zero-order chi connectivity index (χ0) is 14.4. The molecule has 0 aliphatic heterocycles. The number of carboxylic acids is 1. The first-order valence-electron chi connectivity index (χ1n) is 6.18. The molecule has 1 rings (SSSR count). The molecule has 3 N–H and O–H groups in total. The lowest BCUT2D eigenvalue weighted by Crippen LogP contribution is -2.38. The molecule has 0 aliphatic carbocycles. The predicted molar refractivity (Wildman–Crippen MR) is 72.7 cm³/mol. The van der Waals surface area contributed by atoms with Crippen LogP contribution in [0.25, 0.3) is 0 Å². The molecule has 0 aromatic heterocycles. The van der Waals surface area contributed by atoms with Gasteiger partial charge >= 0.3 is 5.97 Å². The van der Waals surface area contributed by atoms with E-state index in [4.69, 9.17) is 10.8 Å². The Kier molecular flexibility index (Phi) is 5.51. The summed E-state index contributed by atoms with van der Waals surface area (Å²) in [5.74, 6) is -1.40. The van der Waals surface area contributed by atoms with Crippen LogP contribution in [0.4, 0.5) is 0 Å². The number of likely N-dealkylation sites (N-methyl/N-ethyl adjacent to an activating group) is 1. The van der Waals surface area contributed by atoms with Crippen LogP contribution in [0.5, 0.6) is 0 Å². The highest BCUT2D eigenvalue weighted by Gasteiger charge is 2.18. The van der Waals surface area contributed by atoms with Crippen molar-refractivity contribution >= 4 is 11.9 Å². The summed E-state index contributed by atoms with van der Waals surface area (Å²) in [6.45, 7) is 2.57. The molecule has 5 nitrogen and oxygen atoms in total. The Bertz CT molecular complexity index is 443. The number of hydrogen-bond donors (Lipinski definition) is 2. The van der Waals surface area contributed by atoms with Gasteiger partial charge < -0.3 is 15.7 Å². The van der Waals surface area contributed by atoms with Gasteiger partial charge in [-0.3, -0.25) is 9.59 Å². The Hall–Kier alpha value is -1.88. The monoisotopic (exact) mass is 264 g/mol. The van der Waals surface area contributed by atoms with E-state index in [1.54, 1.807) is 7.05 Å². The van der Waals surface area contributed by atoms with Gasteiger partial charge in [-0.1, -0.05) is 29.8 Å². The first-order valence-corrected chi connectivity index (χ1v) is 6.18. The Morgan fingerprint density at radius 1 is 1.32 bits per heavy atom. The number of aryl methyl sites for hydroxylation is 1. The van der Waals surface area contributed by atoms with Crippen molar-refractivity contribution < 1.29 is 14.7 Å². The van der Waals surface area contributed by atoms with Gasteiger partial charge in [0.1, 0.15) is 6.04 Å². The van der Waals surface area contributed by atoms with Gasteiger partial charge in [-0.25, -0.2) is 0 Å². The summed E-state index contributed by atoms with van der Waals surface area (Å²) in [7, 11) is 1.66. The smallest absolute Gasteiger partial charge is 0.321 e. The molecule has 1 amide bonds. The summed E-state index contributed by atoms with van der Waals surface area (Å²) in [4.78, 5) is 23.8. The Morgan fingerprint density at radius 2 is 1.89 bits per heavy atom. The van der Waals surface area contributed by atoms with Crippen molar-refractivity contribution in [1.82, 2.24) is 4.90 Å². The summed E-state index contributed by atoms with van der Waals surface area (Å²) < 4.78 is 0. The van der Waals surface area contributed by atoms with Crippen LogP contribution < -0.4 is 5.73 Å². The normalized spacial score (nSPS) is 11.9. The first-order chi connectivity index (χ1) is 8.90. The summed E-state index contributed by atoms with van der Waals surface area (Å²) >= 11 is 0. The van der Waals surface area contributed by atoms with Crippen molar-refractivity contribution in [2.45, 2.75) is 25.8 Å². The van der Waals surface area contributed by atoms with Gasteiger partial charge in [0, 0.05) is 13.6 Å². The minimum absolute atomic E-state index is 0.167. The number of aliphatic carboxylic acids is 1. The van der Waals surface area contributed by atoms with Gasteiger partial charge in [-0.2, -0.15) is 0 Å². The third-order valence-corrected chi connectivity index (χ3v) is 2.99. The molecule has 1 atom stereocenters.